The molecule has 0 aromatic heterocycles. The summed E-state index contributed by atoms with van der Waals surface area (Å²) in [7, 11) is 0. The minimum Gasteiger partial charge on any atom is -0.303 e. The van der Waals surface area contributed by atoms with E-state index in [1.54, 1.807) is 12.1 Å². The van der Waals surface area contributed by atoms with Crippen LogP contribution in [0.15, 0.2) is 12.1 Å². The van der Waals surface area contributed by atoms with Gasteiger partial charge in [-0.25, -0.2) is 0 Å². The Labute approximate surface area is 85.2 Å². The van der Waals surface area contributed by atoms with Gasteiger partial charge in [0.25, 0.3) is 0 Å². The second kappa shape index (κ2) is 4.13. The molecule has 1 aromatic carbocycles. The average molecular weight is 223 g/mol. The second-order valence-electron chi connectivity index (χ2n) is 2.22. The summed E-state index contributed by atoms with van der Waals surface area (Å²) in [5.74, 6) is 0. The van der Waals surface area contributed by atoms with Crippen molar-refractivity contribution in [3.63, 3.8) is 0 Å². The van der Waals surface area contributed by atoms with Crippen LogP contribution in [0.25, 0.3) is 0 Å². The monoisotopic (exact) mass is 222 g/mol. The molecule has 0 spiro atoms. The van der Waals surface area contributed by atoms with E-state index in [4.69, 9.17) is 34.8 Å². The Balaban J connectivity index is 3.18. The van der Waals surface area contributed by atoms with Crippen LogP contribution in [0.3, 0.4) is 0 Å². The molecule has 1 nitrogen and oxygen atoms in total. The molecule has 0 aliphatic heterocycles. The molecule has 0 radical (unpaired) electrons. The van der Waals surface area contributed by atoms with Crippen molar-refractivity contribution in [1.29, 1.82) is 0 Å². The van der Waals surface area contributed by atoms with Crippen LogP contribution >= 0.6 is 34.8 Å². The molecule has 0 N–H and O–H groups in total. The Kier molecular flexibility index (Phi) is 3.39. The minimum atomic E-state index is 0.217. The first kappa shape index (κ1) is 9.85. The fourth-order valence-electron chi connectivity index (χ4n) is 0.850. The van der Waals surface area contributed by atoms with Crippen LogP contribution in [0.5, 0.6) is 0 Å². The molecule has 0 unspecified atom stereocenters. The van der Waals surface area contributed by atoms with Crippen molar-refractivity contribution in [1.82, 2.24) is 0 Å². The standard InChI is InChI=1S/C8H5Cl3O/c9-5-3-7(10)6(1-2-12)8(11)4-5/h2-4H,1H2. The van der Waals surface area contributed by atoms with Crippen LogP contribution < -0.4 is 0 Å². The van der Waals surface area contributed by atoms with E-state index in [0.29, 0.717) is 20.6 Å². The number of benzene rings is 1. The molecule has 0 fully saturated rings. The van der Waals surface area contributed by atoms with Crippen molar-refractivity contribution >= 4 is 41.1 Å². The van der Waals surface area contributed by atoms with Gasteiger partial charge in [-0.2, -0.15) is 0 Å². The quantitative estimate of drug-likeness (QED) is 0.703. The van der Waals surface area contributed by atoms with E-state index in [9.17, 15) is 4.79 Å². The molecular formula is C8H5Cl3O. The van der Waals surface area contributed by atoms with E-state index in [-0.39, 0.29) is 6.42 Å². The van der Waals surface area contributed by atoms with Gasteiger partial charge in [0.05, 0.1) is 0 Å². The number of hydrogen-bond donors (Lipinski definition) is 0. The van der Waals surface area contributed by atoms with Gasteiger partial charge in [0.1, 0.15) is 6.29 Å². The number of rotatable bonds is 2. The maximum atomic E-state index is 10.2. The van der Waals surface area contributed by atoms with Gasteiger partial charge in [-0.1, -0.05) is 34.8 Å². The van der Waals surface area contributed by atoms with E-state index in [2.05, 4.69) is 0 Å². The third-order valence-corrected chi connectivity index (χ3v) is 2.29. The molecule has 0 heterocycles. The lowest BCUT2D eigenvalue weighted by molar-refractivity contribution is -0.107. The van der Waals surface area contributed by atoms with Crippen LogP contribution in [0.1, 0.15) is 5.56 Å². The third kappa shape index (κ3) is 2.13. The molecule has 0 aliphatic rings. The molecule has 0 saturated heterocycles. The molecule has 64 valence electrons. The van der Waals surface area contributed by atoms with Crippen LogP contribution in [0.2, 0.25) is 15.1 Å². The molecule has 0 aliphatic carbocycles. The Morgan fingerprint density at radius 1 is 1.17 bits per heavy atom. The smallest absolute Gasteiger partial charge is 0.124 e. The lowest BCUT2D eigenvalue weighted by atomic mass is 10.2. The van der Waals surface area contributed by atoms with Crippen LogP contribution in [0, 0.1) is 0 Å². The van der Waals surface area contributed by atoms with Crippen molar-refractivity contribution in [2.75, 3.05) is 0 Å². The fraction of sp³-hybridized carbons (Fsp3) is 0.125. The number of carbonyl (C=O) groups is 1. The van der Waals surface area contributed by atoms with E-state index in [1.807, 2.05) is 0 Å². The Bertz CT molecular complexity index is 286. The molecule has 1 rings (SSSR count). The first-order valence-corrected chi connectivity index (χ1v) is 4.35. The summed E-state index contributed by atoms with van der Waals surface area (Å²) in [5, 5.41) is 1.33. The zero-order chi connectivity index (χ0) is 9.14. The Hall–Kier alpha value is -0.240. The second-order valence-corrected chi connectivity index (χ2v) is 3.47. The molecule has 0 amide bonds. The van der Waals surface area contributed by atoms with Gasteiger partial charge in [-0.3, -0.25) is 0 Å². The van der Waals surface area contributed by atoms with Crippen molar-refractivity contribution < 1.29 is 4.79 Å². The molecule has 1 aromatic rings. The Morgan fingerprint density at radius 2 is 1.67 bits per heavy atom. The van der Waals surface area contributed by atoms with Crippen molar-refractivity contribution in [2.45, 2.75) is 6.42 Å². The molecule has 0 saturated carbocycles. The van der Waals surface area contributed by atoms with Gasteiger partial charge in [0, 0.05) is 21.5 Å². The van der Waals surface area contributed by atoms with Crippen LogP contribution in [-0.2, 0) is 11.2 Å². The summed E-state index contributed by atoms with van der Waals surface area (Å²) in [5.41, 5.74) is 0.623. The predicted molar refractivity (Wildman–Crippen MR) is 51.2 cm³/mol. The molecular weight excluding hydrogens is 218 g/mol. The van der Waals surface area contributed by atoms with E-state index in [0.717, 1.165) is 6.29 Å². The van der Waals surface area contributed by atoms with E-state index in [1.165, 1.54) is 0 Å². The van der Waals surface area contributed by atoms with E-state index >= 15 is 0 Å². The SMILES string of the molecule is O=CCc1c(Cl)cc(Cl)cc1Cl. The number of halogens is 3. The lowest BCUT2D eigenvalue weighted by Crippen LogP contribution is -1.88. The maximum absolute atomic E-state index is 10.2. The van der Waals surface area contributed by atoms with Crippen LogP contribution in [0.4, 0.5) is 0 Å². The molecule has 0 atom stereocenters. The summed E-state index contributed by atoms with van der Waals surface area (Å²) in [4.78, 5) is 10.2. The number of carbonyl (C=O) groups excluding carboxylic acids is 1. The normalized spacial score (nSPS) is 9.92. The fourth-order valence-corrected chi connectivity index (χ4v) is 1.82. The molecule has 12 heavy (non-hydrogen) atoms. The topological polar surface area (TPSA) is 17.1 Å². The van der Waals surface area contributed by atoms with Crippen molar-refractivity contribution in [2.24, 2.45) is 0 Å². The number of aldehydes is 1. The summed E-state index contributed by atoms with van der Waals surface area (Å²) in [6.07, 6.45) is 0.968. The molecule has 4 heteroatoms. The van der Waals surface area contributed by atoms with Gasteiger partial charge in [0.2, 0.25) is 0 Å². The average Bonchev–Trinajstić information content (AvgIpc) is 1.96. The minimum absolute atomic E-state index is 0.217. The molecule has 0 bridgehead atoms. The highest BCUT2D eigenvalue weighted by molar-refractivity contribution is 6.39. The lowest BCUT2D eigenvalue weighted by Gasteiger charge is -2.03. The highest BCUT2D eigenvalue weighted by Crippen LogP contribution is 2.28. The van der Waals surface area contributed by atoms with E-state index < -0.39 is 0 Å². The summed E-state index contributed by atoms with van der Waals surface area (Å²) >= 11 is 17.2. The maximum Gasteiger partial charge on any atom is 0.124 e. The largest absolute Gasteiger partial charge is 0.303 e. The highest BCUT2D eigenvalue weighted by Gasteiger charge is 2.06. The zero-order valence-corrected chi connectivity index (χ0v) is 8.25. The highest BCUT2D eigenvalue weighted by atomic mass is 35.5. The van der Waals surface area contributed by atoms with Crippen LogP contribution in [-0.4, -0.2) is 6.29 Å². The third-order valence-electron chi connectivity index (χ3n) is 1.39. The Morgan fingerprint density at radius 3 is 2.08 bits per heavy atom. The van der Waals surface area contributed by atoms with Gasteiger partial charge < -0.3 is 4.79 Å². The van der Waals surface area contributed by atoms with Crippen molar-refractivity contribution in [3.05, 3.63) is 32.8 Å². The first-order valence-electron chi connectivity index (χ1n) is 3.22. The van der Waals surface area contributed by atoms with Crippen molar-refractivity contribution in [3.8, 4) is 0 Å². The summed E-state index contributed by atoms with van der Waals surface area (Å²) < 4.78 is 0. The summed E-state index contributed by atoms with van der Waals surface area (Å²) in [6, 6.07) is 3.13. The zero-order valence-electron chi connectivity index (χ0n) is 5.98. The van der Waals surface area contributed by atoms with Gasteiger partial charge in [-0.05, 0) is 17.7 Å². The van der Waals surface area contributed by atoms with Gasteiger partial charge >= 0.3 is 0 Å². The predicted octanol–water partition coefficient (Wildman–Crippen LogP) is 3.39. The van der Waals surface area contributed by atoms with Gasteiger partial charge in [0.15, 0.2) is 0 Å². The number of hydrogen-bond acceptors (Lipinski definition) is 1. The summed E-state index contributed by atoms with van der Waals surface area (Å²) in [6.45, 7) is 0. The first-order chi connectivity index (χ1) is 5.65. The van der Waals surface area contributed by atoms with Gasteiger partial charge in [-0.15, -0.1) is 0 Å².